The molecular weight excluding hydrogens is 406 g/mol. The van der Waals surface area contributed by atoms with Crippen molar-refractivity contribution in [3.05, 3.63) is 47.4 Å². The van der Waals surface area contributed by atoms with E-state index in [0.29, 0.717) is 31.2 Å². The first-order chi connectivity index (χ1) is 15.3. The van der Waals surface area contributed by atoms with Crippen molar-refractivity contribution in [1.82, 2.24) is 19.8 Å². The standard InChI is InChI=1S/C24H33N5O3/c1-16-6-8-20(9-7-16)32-17(2)24(31)29-12-10-19(11-13-29)21-14-22(25-4)27-23(26-21)15-28(5)18(3)30/h6-9,14,17,19H,10-13,15H2,1-5H3,(H,25,26,27)/t17-/m1/s1. The molecular formula is C24H33N5O3. The Balaban J connectivity index is 1.61. The van der Waals surface area contributed by atoms with E-state index in [4.69, 9.17) is 9.72 Å². The molecule has 0 aliphatic carbocycles. The molecule has 1 aromatic heterocycles. The summed E-state index contributed by atoms with van der Waals surface area (Å²) < 4.78 is 5.85. The van der Waals surface area contributed by atoms with Crippen LogP contribution in [0.3, 0.4) is 0 Å². The normalized spacial score (nSPS) is 15.2. The third-order valence-corrected chi connectivity index (χ3v) is 5.87. The zero-order chi connectivity index (χ0) is 23.3. The van der Waals surface area contributed by atoms with E-state index in [1.54, 1.807) is 18.9 Å². The van der Waals surface area contributed by atoms with Gasteiger partial charge in [0.15, 0.2) is 6.10 Å². The molecule has 1 aromatic carbocycles. The third-order valence-electron chi connectivity index (χ3n) is 5.87. The van der Waals surface area contributed by atoms with Gasteiger partial charge in [-0.1, -0.05) is 17.7 Å². The Morgan fingerprint density at radius 3 is 2.47 bits per heavy atom. The van der Waals surface area contributed by atoms with Gasteiger partial charge in [-0.15, -0.1) is 0 Å². The monoisotopic (exact) mass is 439 g/mol. The highest BCUT2D eigenvalue weighted by Crippen LogP contribution is 2.28. The summed E-state index contributed by atoms with van der Waals surface area (Å²) in [7, 11) is 3.56. The number of aryl methyl sites for hydroxylation is 1. The Kier molecular flexibility index (Phi) is 7.66. The molecule has 1 N–H and O–H groups in total. The van der Waals surface area contributed by atoms with Gasteiger partial charge in [0.05, 0.1) is 6.54 Å². The molecule has 1 saturated heterocycles. The van der Waals surface area contributed by atoms with Crippen molar-refractivity contribution in [2.24, 2.45) is 0 Å². The molecule has 2 heterocycles. The molecule has 0 spiro atoms. The lowest BCUT2D eigenvalue weighted by atomic mass is 9.93. The van der Waals surface area contributed by atoms with Crippen molar-refractivity contribution < 1.29 is 14.3 Å². The van der Waals surface area contributed by atoms with E-state index < -0.39 is 6.10 Å². The summed E-state index contributed by atoms with van der Waals surface area (Å²) in [6.07, 6.45) is 1.12. The highest BCUT2D eigenvalue weighted by atomic mass is 16.5. The fraction of sp³-hybridized carbons (Fsp3) is 0.500. The highest BCUT2D eigenvalue weighted by molar-refractivity contribution is 5.81. The van der Waals surface area contributed by atoms with Crippen LogP contribution in [-0.2, 0) is 16.1 Å². The second-order valence-electron chi connectivity index (χ2n) is 8.39. The number of anilines is 1. The first-order valence-corrected chi connectivity index (χ1v) is 11.1. The smallest absolute Gasteiger partial charge is 0.263 e. The van der Waals surface area contributed by atoms with Crippen LogP contribution in [0.4, 0.5) is 5.82 Å². The number of carbonyl (C=O) groups excluding carboxylic acids is 2. The van der Waals surface area contributed by atoms with Crippen LogP contribution >= 0.6 is 0 Å². The van der Waals surface area contributed by atoms with E-state index in [2.05, 4.69) is 10.3 Å². The van der Waals surface area contributed by atoms with Gasteiger partial charge in [-0.3, -0.25) is 9.59 Å². The van der Waals surface area contributed by atoms with Crippen LogP contribution in [0.2, 0.25) is 0 Å². The Morgan fingerprint density at radius 1 is 1.22 bits per heavy atom. The van der Waals surface area contributed by atoms with Gasteiger partial charge in [0.1, 0.15) is 17.4 Å². The molecule has 0 bridgehead atoms. The van der Waals surface area contributed by atoms with Gasteiger partial charge >= 0.3 is 0 Å². The van der Waals surface area contributed by atoms with Crippen LogP contribution in [0.5, 0.6) is 5.75 Å². The molecule has 32 heavy (non-hydrogen) atoms. The first-order valence-electron chi connectivity index (χ1n) is 11.1. The lowest BCUT2D eigenvalue weighted by molar-refractivity contribution is -0.139. The Morgan fingerprint density at radius 2 is 1.88 bits per heavy atom. The molecule has 0 radical (unpaired) electrons. The lowest BCUT2D eigenvalue weighted by Gasteiger charge is -2.33. The molecule has 1 aliphatic rings. The van der Waals surface area contributed by atoms with Crippen LogP contribution in [0.1, 0.15) is 49.7 Å². The van der Waals surface area contributed by atoms with Gasteiger partial charge in [0.25, 0.3) is 5.91 Å². The molecule has 0 unspecified atom stereocenters. The van der Waals surface area contributed by atoms with Crippen LogP contribution in [-0.4, -0.2) is 64.9 Å². The van der Waals surface area contributed by atoms with Crippen molar-refractivity contribution in [1.29, 1.82) is 0 Å². The number of hydrogen-bond acceptors (Lipinski definition) is 6. The minimum Gasteiger partial charge on any atom is -0.481 e. The average Bonchev–Trinajstić information content (AvgIpc) is 2.79. The van der Waals surface area contributed by atoms with E-state index in [-0.39, 0.29) is 17.7 Å². The van der Waals surface area contributed by atoms with Gasteiger partial charge in [0.2, 0.25) is 5.91 Å². The van der Waals surface area contributed by atoms with Crippen molar-refractivity contribution in [2.45, 2.75) is 52.2 Å². The molecule has 3 rings (SSSR count). The van der Waals surface area contributed by atoms with Crippen LogP contribution in [0.15, 0.2) is 30.3 Å². The van der Waals surface area contributed by atoms with Gasteiger partial charge in [-0.05, 0) is 38.8 Å². The average molecular weight is 440 g/mol. The number of benzene rings is 1. The van der Waals surface area contributed by atoms with Crippen LogP contribution < -0.4 is 10.1 Å². The van der Waals surface area contributed by atoms with E-state index in [1.807, 2.05) is 49.2 Å². The second-order valence-corrected chi connectivity index (χ2v) is 8.39. The summed E-state index contributed by atoms with van der Waals surface area (Å²) in [5, 5.41) is 3.08. The molecule has 8 heteroatoms. The minimum absolute atomic E-state index is 0.00592. The Hall–Kier alpha value is -3.16. The number of carbonyl (C=O) groups is 2. The minimum atomic E-state index is -0.530. The first kappa shape index (κ1) is 23.5. The van der Waals surface area contributed by atoms with Crippen LogP contribution in [0, 0.1) is 6.92 Å². The Bertz CT molecular complexity index is 939. The SMILES string of the molecule is CNc1cc(C2CCN(C(=O)[C@@H](C)Oc3ccc(C)cc3)CC2)nc(CN(C)C(C)=O)n1. The Labute approximate surface area is 190 Å². The molecule has 1 atom stereocenters. The predicted octanol–water partition coefficient (Wildman–Crippen LogP) is 2.98. The maximum absolute atomic E-state index is 12.9. The van der Waals surface area contributed by atoms with E-state index in [0.717, 1.165) is 29.9 Å². The zero-order valence-electron chi connectivity index (χ0n) is 19.6. The van der Waals surface area contributed by atoms with Crippen molar-refractivity contribution in [3.63, 3.8) is 0 Å². The summed E-state index contributed by atoms with van der Waals surface area (Å²) in [5.41, 5.74) is 2.10. The quantitative estimate of drug-likeness (QED) is 0.714. The van der Waals surface area contributed by atoms with Crippen molar-refractivity contribution >= 4 is 17.6 Å². The number of amides is 2. The molecule has 2 aromatic rings. The number of piperidine rings is 1. The maximum atomic E-state index is 12.9. The summed E-state index contributed by atoms with van der Waals surface area (Å²) in [6.45, 7) is 7.03. The lowest BCUT2D eigenvalue weighted by Crippen LogP contribution is -2.44. The molecule has 1 aliphatic heterocycles. The highest BCUT2D eigenvalue weighted by Gasteiger charge is 2.28. The van der Waals surface area contributed by atoms with E-state index in [1.165, 1.54) is 6.92 Å². The maximum Gasteiger partial charge on any atom is 0.263 e. The van der Waals surface area contributed by atoms with Gasteiger partial charge < -0.3 is 19.9 Å². The molecule has 8 nitrogen and oxygen atoms in total. The number of nitrogens with zero attached hydrogens (tertiary/aromatic N) is 4. The number of aromatic nitrogens is 2. The van der Waals surface area contributed by atoms with Gasteiger partial charge in [-0.25, -0.2) is 9.97 Å². The predicted molar refractivity (Wildman–Crippen MR) is 124 cm³/mol. The molecule has 172 valence electrons. The van der Waals surface area contributed by atoms with Gasteiger partial charge in [0, 0.05) is 51.8 Å². The van der Waals surface area contributed by atoms with Crippen molar-refractivity contribution in [3.8, 4) is 5.75 Å². The van der Waals surface area contributed by atoms with E-state index >= 15 is 0 Å². The summed E-state index contributed by atoms with van der Waals surface area (Å²) in [4.78, 5) is 37.1. The molecule has 2 amide bonds. The number of ether oxygens (including phenoxy) is 1. The summed E-state index contributed by atoms with van der Waals surface area (Å²) in [6, 6.07) is 9.69. The number of likely N-dealkylation sites (tertiary alicyclic amines) is 1. The van der Waals surface area contributed by atoms with Gasteiger partial charge in [-0.2, -0.15) is 0 Å². The molecule has 0 saturated carbocycles. The largest absolute Gasteiger partial charge is 0.481 e. The van der Waals surface area contributed by atoms with Crippen molar-refractivity contribution in [2.75, 3.05) is 32.5 Å². The number of nitrogens with one attached hydrogen (secondary N) is 1. The van der Waals surface area contributed by atoms with Crippen LogP contribution in [0.25, 0.3) is 0 Å². The summed E-state index contributed by atoms with van der Waals surface area (Å²) in [5.74, 6) is 2.27. The second kappa shape index (κ2) is 10.4. The third kappa shape index (κ3) is 5.96. The number of rotatable bonds is 7. The van der Waals surface area contributed by atoms with E-state index in [9.17, 15) is 9.59 Å². The fourth-order valence-electron chi connectivity index (χ4n) is 3.77. The fourth-order valence-corrected chi connectivity index (χ4v) is 3.77. The zero-order valence-corrected chi connectivity index (χ0v) is 19.6. The summed E-state index contributed by atoms with van der Waals surface area (Å²) >= 11 is 0. The number of hydrogen-bond donors (Lipinski definition) is 1. The molecule has 1 fully saturated rings. The topological polar surface area (TPSA) is 87.7 Å².